The van der Waals surface area contributed by atoms with Crippen LogP contribution in [0.1, 0.15) is 47.8 Å². The molecule has 0 atom stereocenters. The number of likely N-dealkylation sites (tertiary alicyclic amines) is 1. The highest BCUT2D eigenvalue weighted by Crippen LogP contribution is 2.32. The second-order valence-corrected chi connectivity index (χ2v) is 8.39. The van der Waals surface area contributed by atoms with E-state index < -0.39 is 5.91 Å². The lowest BCUT2D eigenvalue weighted by Gasteiger charge is -2.18. The number of amides is 2. The summed E-state index contributed by atoms with van der Waals surface area (Å²) in [6, 6.07) is 13.4. The average molecular weight is 436 g/mol. The first-order chi connectivity index (χ1) is 14.9. The number of hydrogen-bond acceptors (Lipinski definition) is 2. The highest BCUT2D eigenvalue weighted by Gasteiger charge is 2.22. The summed E-state index contributed by atoms with van der Waals surface area (Å²) in [5, 5.41) is 1.54. The molecular weight excluding hydrogens is 410 g/mol. The fourth-order valence-electron chi connectivity index (χ4n) is 4.32. The second kappa shape index (κ2) is 8.60. The zero-order chi connectivity index (χ0) is 22.1. The summed E-state index contributed by atoms with van der Waals surface area (Å²) in [6.45, 7) is 5.55. The van der Waals surface area contributed by atoms with Gasteiger partial charge in [-0.1, -0.05) is 24.6 Å². The van der Waals surface area contributed by atoms with E-state index in [1.54, 1.807) is 0 Å². The molecule has 1 aliphatic rings. The number of rotatable bonds is 5. The third kappa shape index (κ3) is 3.98. The highest BCUT2D eigenvalue weighted by atomic mass is 35.5. The van der Waals surface area contributed by atoms with Gasteiger partial charge >= 0.3 is 0 Å². The number of nitrogens with two attached hydrogens (primary N) is 1. The molecule has 2 heterocycles. The van der Waals surface area contributed by atoms with E-state index in [1.165, 1.54) is 0 Å². The summed E-state index contributed by atoms with van der Waals surface area (Å²) in [5.41, 5.74) is 10.3. The predicted molar refractivity (Wildman–Crippen MR) is 126 cm³/mol. The number of carbonyl (C=O) groups excluding carboxylic acids is 2. The molecule has 2 amide bonds. The van der Waals surface area contributed by atoms with Crippen LogP contribution in [0.25, 0.3) is 22.2 Å². The number of fused-ring (bicyclic) bond motifs is 1. The monoisotopic (exact) mass is 435 g/mol. The molecule has 1 aromatic heterocycles. The Morgan fingerprint density at radius 1 is 1.10 bits per heavy atom. The van der Waals surface area contributed by atoms with Crippen molar-refractivity contribution in [2.75, 3.05) is 13.1 Å². The molecule has 0 saturated carbocycles. The van der Waals surface area contributed by atoms with Crippen LogP contribution in [0.4, 0.5) is 0 Å². The summed E-state index contributed by atoms with van der Waals surface area (Å²) >= 11 is 6.21. The first-order valence-corrected chi connectivity index (χ1v) is 11.0. The molecule has 0 spiro atoms. The molecule has 0 unspecified atom stereocenters. The van der Waals surface area contributed by atoms with Gasteiger partial charge in [-0.25, -0.2) is 0 Å². The number of primary amides is 1. The summed E-state index contributed by atoms with van der Waals surface area (Å²) in [4.78, 5) is 27.1. The normalized spacial score (nSPS) is 14.4. The van der Waals surface area contributed by atoms with Crippen LogP contribution in [0, 0.1) is 6.92 Å². The fraction of sp³-hybridized carbons (Fsp3) is 0.280. The summed E-state index contributed by atoms with van der Waals surface area (Å²) in [5.74, 6) is -0.399. The standard InChI is InChI=1S/C25H26ClN3O2/c1-3-6-21(24(27)30)23-15-17-14-18(26)7-10-22(17)29(23)19-8-9-20(16(2)13-19)25(31)28-11-4-5-12-28/h6-10,13-15H,3-5,11-12H2,1-2H3,(H2,27,30)/b21-6+. The molecule has 160 valence electrons. The van der Waals surface area contributed by atoms with Crippen molar-refractivity contribution >= 4 is 39.9 Å². The molecule has 0 bridgehead atoms. The van der Waals surface area contributed by atoms with Gasteiger partial charge in [-0.05, 0) is 74.2 Å². The van der Waals surface area contributed by atoms with Crippen LogP contribution < -0.4 is 5.73 Å². The number of aromatic nitrogens is 1. The maximum absolute atomic E-state index is 12.9. The van der Waals surface area contributed by atoms with Gasteiger partial charge in [0.05, 0.1) is 16.8 Å². The Balaban J connectivity index is 1.88. The lowest BCUT2D eigenvalue weighted by atomic mass is 10.1. The van der Waals surface area contributed by atoms with E-state index in [-0.39, 0.29) is 5.91 Å². The van der Waals surface area contributed by atoms with Gasteiger partial charge in [-0.2, -0.15) is 0 Å². The molecule has 1 fully saturated rings. The third-order valence-corrected chi connectivity index (χ3v) is 6.04. The maximum atomic E-state index is 12.9. The molecule has 0 aliphatic carbocycles. The van der Waals surface area contributed by atoms with Crippen molar-refractivity contribution in [3.63, 3.8) is 0 Å². The summed E-state index contributed by atoms with van der Waals surface area (Å²) in [6.07, 6.45) is 4.64. The van der Waals surface area contributed by atoms with Crippen molar-refractivity contribution in [2.45, 2.75) is 33.1 Å². The molecule has 2 N–H and O–H groups in total. The van der Waals surface area contributed by atoms with Crippen molar-refractivity contribution in [2.24, 2.45) is 5.73 Å². The van der Waals surface area contributed by atoms with Crippen molar-refractivity contribution in [3.05, 3.63) is 70.4 Å². The minimum Gasteiger partial charge on any atom is -0.366 e. The van der Waals surface area contributed by atoms with Crippen molar-refractivity contribution in [1.29, 1.82) is 0 Å². The number of halogens is 1. The Morgan fingerprint density at radius 2 is 1.84 bits per heavy atom. The molecular formula is C25H26ClN3O2. The zero-order valence-corrected chi connectivity index (χ0v) is 18.6. The van der Waals surface area contributed by atoms with Crippen LogP contribution in [0.5, 0.6) is 0 Å². The van der Waals surface area contributed by atoms with E-state index in [2.05, 4.69) is 0 Å². The minimum atomic E-state index is -0.477. The van der Waals surface area contributed by atoms with Crippen LogP contribution in [-0.2, 0) is 4.79 Å². The molecule has 2 aromatic carbocycles. The average Bonchev–Trinajstić information content (AvgIpc) is 3.39. The number of hydrogen-bond donors (Lipinski definition) is 1. The fourth-order valence-corrected chi connectivity index (χ4v) is 4.50. The number of carbonyl (C=O) groups is 2. The van der Waals surface area contributed by atoms with Crippen LogP contribution in [-0.4, -0.2) is 34.4 Å². The Morgan fingerprint density at radius 3 is 2.48 bits per heavy atom. The third-order valence-electron chi connectivity index (χ3n) is 5.81. The van der Waals surface area contributed by atoms with E-state index in [0.29, 0.717) is 28.3 Å². The van der Waals surface area contributed by atoms with Crippen molar-refractivity contribution < 1.29 is 9.59 Å². The molecule has 5 nitrogen and oxygen atoms in total. The van der Waals surface area contributed by atoms with Gasteiger partial charge in [0.15, 0.2) is 0 Å². The lowest BCUT2D eigenvalue weighted by molar-refractivity contribution is -0.112. The largest absolute Gasteiger partial charge is 0.366 e. The molecule has 4 rings (SSSR count). The maximum Gasteiger partial charge on any atom is 0.254 e. The predicted octanol–water partition coefficient (Wildman–Crippen LogP) is 5.11. The van der Waals surface area contributed by atoms with E-state index >= 15 is 0 Å². The van der Waals surface area contributed by atoms with Crippen LogP contribution in [0.15, 0.2) is 48.5 Å². The Bertz CT molecular complexity index is 1200. The Kier molecular flexibility index (Phi) is 5.88. The van der Waals surface area contributed by atoms with Gasteiger partial charge in [0.1, 0.15) is 0 Å². The Hall–Kier alpha value is -3.05. The van der Waals surface area contributed by atoms with Gasteiger partial charge in [0.2, 0.25) is 0 Å². The number of allylic oxidation sites excluding steroid dienone is 1. The van der Waals surface area contributed by atoms with E-state index in [1.807, 2.05) is 71.9 Å². The van der Waals surface area contributed by atoms with E-state index in [4.69, 9.17) is 17.3 Å². The molecule has 1 saturated heterocycles. The van der Waals surface area contributed by atoms with Gasteiger partial charge in [0.25, 0.3) is 11.8 Å². The molecule has 6 heteroatoms. The second-order valence-electron chi connectivity index (χ2n) is 7.96. The smallest absolute Gasteiger partial charge is 0.254 e. The Labute approximate surface area is 187 Å². The summed E-state index contributed by atoms with van der Waals surface area (Å²) < 4.78 is 2.01. The topological polar surface area (TPSA) is 68.3 Å². The lowest BCUT2D eigenvalue weighted by Crippen LogP contribution is -2.28. The first-order valence-electron chi connectivity index (χ1n) is 10.6. The number of nitrogens with zero attached hydrogens (tertiary/aromatic N) is 2. The zero-order valence-electron chi connectivity index (χ0n) is 17.8. The quantitative estimate of drug-likeness (QED) is 0.566. The summed E-state index contributed by atoms with van der Waals surface area (Å²) in [7, 11) is 0. The van der Waals surface area contributed by atoms with Crippen molar-refractivity contribution in [1.82, 2.24) is 9.47 Å². The molecule has 31 heavy (non-hydrogen) atoms. The van der Waals surface area contributed by atoms with Crippen molar-refractivity contribution in [3.8, 4) is 5.69 Å². The van der Waals surface area contributed by atoms with Crippen LogP contribution >= 0.6 is 11.6 Å². The molecule has 1 aliphatic heterocycles. The number of aryl methyl sites for hydroxylation is 1. The highest BCUT2D eigenvalue weighted by molar-refractivity contribution is 6.31. The van der Waals surface area contributed by atoms with Gasteiger partial charge in [-0.3, -0.25) is 9.59 Å². The van der Waals surface area contributed by atoms with Gasteiger partial charge in [-0.15, -0.1) is 0 Å². The van der Waals surface area contributed by atoms with E-state index in [9.17, 15) is 9.59 Å². The van der Waals surface area contributed by atoms with E-state index in [0.717, 1.165) is 48.1 Å². The first kappa shape index (κ1) is 21.2. The SMILES string of the molecule is CC/C=C(/C(N)=O)c1cc2cc(Cl)ccc2n1-c1ccc(C(=O)N2CCCC2)c(C)c1. The van der Waals surface area contributed by atoms with Crippen LogP contribution in [0.2, 0.25) is 5.02 Å². The van der Waals surface area contributed by atoms with Gasteiger partial charge in [0, 0.05) is 34.7 Å². The van der Waals surface area contributed by atoms with Crippen LogP contribution in [0.3, 0.4) is 0 Å². The number of benzene rings is 2. The molecule has 0 radical (unpaired) electrons. The molecule has 3 aromatic rings. The minimum absolute atomic E-state index is 0.0784. The van der Waals surface area contributed by atoms with Gasteiger partial charge < -0.3 is 15.2 Å².